The van der Waals surface area contributed by atoms with Crippen molar-refractivity contribution >= 4 is 5.69 Å². The molecule has 1 aliphatic heterocycles. The molecule has 0 bridgehead atoms. The molecule has 1 saturated heterocycles. The van der Waals surface area contributed by atoms with E-state index in [2.05, 4.69) is 34.9 Å². The third-order valence-electron chi connectivity index (χ3n) is 3.01. The molecule has 0 aromatic heterocycles. The smallest absolute Gasteiger partial charge is 0.0337 e. The van der Waals surface area contributed by atoms with Crippen LogP contribution >= 0.6 is 0 Å². The quantitative estimate of drug-likeness (QED) is 0.747. The molecule has 0 amide bonds. The molecule has 1 fully saturated rings. The van der Waals surface area contributed by atoms with E-state index in [1.54, 1.807) is 0 Å². The van der Waals surface area contributed by atoms with Gasteiger partial charge in [-0.1, -0.05) is 12.1 Å². The maximum absolute atomic E-state index is 3.39. The summed E-state index contributed by atoms with van der Waals surface area (Å²) in [6.07, 6.45) is 2.55. The summed E-state index contributed by atoms with van der Waals surface area (Å²) in [4.78, 5) is 0. The zero-order valence-electron chi connectivity index (χ0n) is 8.72. The molecule has 0 saturated carbocycles. The predicted molar refractivity (Wildman–Crippen MR) is 60.8 cm³/mol. The van der Waals surface area contributed by atoms with Crippen LogP contribution in [0.15, 0.2) is 24.3 Å². The standard InChI is InChI=1S/C12H18N2/c1-13-12-4-2-10(3-5-12)11-6-8-14-9-7-11/h2-5,11,13-14H,6-9H2,1H3. The largest absolute Gasteiger partial charge is 0.388 e. The Morgan fingerprint density at radius 3 is 2.36 bits per heavy atom. The molecule has 0 radical (unpaired) electrons. The van der Waals surface area contributed by atoms with E-state index in [4.69, 9.17) is 0 Å². The Labute approximate surface area is 85.7 Å². The first-order chi connectivity index (χ1) is 6.90. The Kier molecular flexibility index (Phi) is 3.04. The average molecular weight is 190 g/mol. The number of rotatable bonds is 2. The predicted octanol–water partition coefficient (Wildman–Crippen LogP) is 2.20. The Morgan fingerprint density at radius 1 is 1.14 bits per heavy atom. The van der Waals surface area contributed by atoms with Gasteiger partial charge in [-0.05, 0) is 49.5 Å². The van der Waals surface area contributed by atoms with Crippen LogP contribution in [-0.4, -0.2) is 20.1 Å². The molecular weight excluding hydrogens is 172 g/mol. The van der Waals surface area contributed by atoms with Gasteiger partial charge in [0.2, 0.25) is 0 Å². The number of hydrogen-bond acceptors (Lipinski definition) is 2. The maximum Gasteiger partial charge on any atom is 0.0337 e. The lowest BCUT2D eigenvalue weighted by molar-refractivity contribution is 0.460. The molecule has 76 valence electrons. The molecule has 1 aliphatic rings. The van der Waals surface area contributed by atoms with Crippen molar-refractivity contribution < 1.29 is 0 Å². The molecule has 2 nitrogen and oxygen atoms in total. The summed E-state index contributed by atoms with van der Waals surface area (Å²) >= 11 is 0. The molecule has 0 spiro atoms. The molecule has 0 unspecified atom stereocenters. The summed E-state index contributed by atoms with van der Waals surface area (Å²) in [7, 11) is 1.96. The van der Waals surface area contributed by atoms with Gasteiger partial charge in [0.15, 0.2) is 0 Å². The zero-order valence-corrected chi connectivity index (χ0v) is 8.72. The van der Waals surface area contributed by atoms with Crippen LogP contribution in [0.2, 0.25) is 0 Å². The summed E-state index contributed by atoms with van der Waals surface area (Å²) in [5.41, 5.74) is 2.69. The van der Waals surface area contributed by atoms with Crippen LogP contribution in [0.25, 0.3) is 0 Å². The first kappa shape index (κ1) is 9.53. The number of piperidine rings is 1. The molecule has 1 aromatic carbocycles. The van der Waals surface area contributed by atoms with E-state index in [0.717, 1.165) is 5.92 Å². The van der Waals surface area contributed by atoms with Gasteiger partial charge in [0, 0.05) is 12.7 Å². The maximum atomic E-state index is 3.39. The third kappa shape index (κ3) is 2.07. The van der Waals surface area contributed by atoms with E-state index in [-0.39, 0.29) is 0 Å². The van der Waals surface area contributed by atoms with E-state index < -0.39 is 0 Å². The minimum absolute atomic E-state index is 0.766. The van der Waals surface area contributed by atoms with Gasteiger partial charge in [-0.15, -0.1) is 0 Å². The lowest BCUT2D eigenvalue weighted by Gasteiger charge is -2.23. The molecule has 2 N–H and O–H groups in total. The van der Waals surface area contributed by atoms with E-state index in [1.807, 2.05) is 7.05 Å². The summed E-state index contributed by atoms with van der Waals surface area (Å²) in [6, 6.07) is 8.83. The fraction of sp³-hybridized carbons (Fsp3) is 0.500. The van der Waals surface area contributed by atoms with E-state index >= 15 is 0 Å². The second-order valence-electron chi connectivity index (χ2n) is 3.90. The van der Waals surface area contributed by atoms with Gasteiger partial charge in [-0.3, -0.25) is 0 Å². The number of benzene rings is 1. The fourth-order valence-electron chi connectivity index (χ4n) is 2.08. The second kappa shape index (κ2) is 4.47. The van der Waals surface area contributed by atoms with Gasteiger partial charge >= 0.3 is 0 Å². The Hall–Kier alpha value is -1.02. The van der Waals surface area contributed by atoms with Crippen molar-refractivity contribution in [1.29, 1.82) is 0 Å². The van der Waals surface area contributed by atoms with Crippen molar-refractivity contribution in [3.8, 4) is 0 Å². The molecule has 14 heavy (non-hydrogen) atoms. The number of anilines is 1. The van der Waals surface area contributed by atoms with Gasteiger partial charge in [0.25, 0.3) is 0 Å². The summed E-state index contributed by atoms with van der Waals surface area (Å²) in [5.74, 6) is 0.766. The molecular formula is C12H18N2. The van der Waals surface area contributed by atoms with Gasteiger partial charge < -0.3 is 10.6 Å². The highest BCUT2D eigenvalue weighted by molar-refractivity contribution is 5.44. The Morgan fingerprint density at radius 2 is 1.79 bits per heavy atom. The Bertz CT molecular complexity index is 273. The van der Waals surface area contributed by atoms with E-state index in [0.29, 0.717) is 0 Å². The van der Waals surface area contributed by atoms with E-state index in [1.165, 1.54) is 37.2 Å². The van der Waals surface area contributed by atoms with Gasteiger partial charge in [-0.25, -0.2) is 0 Å². The average Bonchev–Trinajstić information content (AvgIpc) is 2.30. The lowest BCUT2D eigenvalue weighted by Crippen LogP contribution is -2.26. The fourth-order valence-corrected chi connectivity index (χ4v) is 2.08. The van der Waals surface area contributed by atoms with Crippen molar-refractivity contribution in [2.75, 3.05) is 25.5 Å². The van der Waals surface area contributed by atoms with Crippen LogP contribution in [0.3, 0.4) is 0 Å². The molecule has 2 heteroatoms. The Balaban J connectivity index is 2.07. The topological polar surface area (TPSA) is 24.1 Å². The summed E-state index contributed by atoms with van der Waals surface area (Å²) in [6.45, 7) is 2.33. The van der Waals surface area contributed by atoms with Crippen LogP contribution in [-0.2, 0) is 0 Å². The van der Waals surface area contributed by atoms with Gasteiger partial charge in [0.05, 0.1) is 0 Å². The first-order valence-corrected chi connectivity index (χ1v) is 5.38. The second-order valence-corrected chi connectivity index (χ2v) is 3.90. The summed E-state index contributed by atoms with van der Waals surface area (Å²) < 4.78 is 0. The monoisotopic (exact) mass is 190 g/mol. The van der Waals surface area contributed by atoms with Crippen LogP contribution < -0.4 is 10.6 Å². The molecule has 0 aliphatic carbocycles. The number of nitrogens with one attached hydrogen (secondary N) is 2. The van der Waals surface area contributed by atoms with Crippen LogP contribution in [0.5, 0.6) is 0 Å². The number of hydrogen-bond donors (Lipinski definition) is 2. The highest BCUT2D eigenvalue weighted by Crippen LogP contribution is 2.25. The van der Waals surface area contributed by atoms with Crippen LogP contribution in [0.1, 0.15) is 24.3 Å². The molecule has 0 atom stereocenters. The van der Waals surface area contributed by atoms with Crippen LogP contribution in [0.4, 0.5) is 5.69 Å². The molecule has 1 aromatic rings. The highest BCUT2D eigenvalue weighted by Gasteiger charge is 2.14. The van der Waals surface area contributed by atoms with Gasteiger partial charge in [0.1, 0.15) is 0 Å². The SMILES string of the molecule is CNc1ccc(C2CCNCC2)cc1. The van der Waals surface area contributed by atoms with Crippen molar-refractivity contribution in [1.82, 2.24) is 5.32 Å². The third-order valence-corrected chi connectivity index (χ3v) is 3.01. The minimum Gasteiger partial charge on any atom is -0.388 e. The lowest BCUT2D eigenvalue weighted by atomic mass is 9.90. The van der Waals surface area contributed by atoms with Gasteiger partial charge in [-0.2, -0.15) is 0 Å². The van der Waals surface area contributed by atoms with Crippen molar-refractivity contribution in [2.45, 2.75) is 18.8 Å². The van der Waals surface area contributed by atoms with Crippen molar-refractivity contribution in [3.05, 3.63) is 29.8 Å². The van der Waals surface area contributed by atoms with Crippen molar-refractivity contribution in [3.63, 3.8) is 0 Å². The van der Waals surface area contributed by atoms with E-state index in [9.17, 15) is 0 Å². The van der Waals surface area contributed by atoms with Crippen LogP contribution in [0, 0.1) is 0 Å². The molecule has 2 rings (SSSR count). The normalized spacial score (nSPS) is 18.1. The van der Waals surface area contributed by atoms with Crippen molar-refractivity contribution in [2.24, 2.45) is 0 Å². The minimum atomic E-state index is 0.766. The first-order valence-electron chi connectivity index (χ1n) is 5.38. The summed E-state index contributed by atoms with van der Waals surface area (Å²) in [5, 5.41) is 6.54. The highest BCUT2D eigenvalue weighted by atomic mass is 14.9. The zero-order chi connectivity index (χ0) is 9.80. The molecule has 1 heterocycles.